The van der Waals surface area contributed by atoms with Crippen molar-refractivity contribution in [2.24, 2.45) is 0 Å². The van der Waals surface area contributed by atoms with Crippen LogP contribution in [-0.4, -0.2) is 37.1 Å². The first-order chi connectivity index (χ1) is 8.40. The summed E-state index contributed by atoms with van der Waals surface area (Å²) >= 11 is 0. The SMILES string of the molecule is CC1(NCC(O)c2ccccc2)CCS(=O)(=O)C1. The Morgan fingerprint density at radius 1 is 1.39 bits per heavy atom. The Hall–Kier alpha value is -0.910. The van der Waals surface area contributed by atoms with E-state index in [4.69, 9.17) is 0 Å². The van der Waals surface area contributed by atoms with Gasteiger partial charge in [-0.1, -0.05) is 30.3 Å². The van der Waals surface area contributed by atoms with E-state index in [-0.39, 0.29) is 11.5 Å². The summed E-state index contributed by atoms with van der Waals surface area (Å²) in [6.07, 6.45) is 0.00273. The van der Waals surface area contributed by atoms with Crippen LogP contribution in [0.25, 0.3) is 0 Å². The lowest BCUT2D eigenvalue weighted by molar-refractivity contribution is 0.161. The van der Waals surface area contributed by atoms with Crippen molar-refractivity contribution in [2.45, 2.75) is 25.0 Å². The highest BCUT2D eigenvalue weighted by Gasteiger charge is 2.38. The zero-order chi connectivity index (χ0) is 13.2. The lowest BCUT2D eigenvalue weighted by Crippen LogP contribution is -2.45. The molecule has 1 aromatic carbocycles. The van der Waals surface area contributed by atoms with Gasteiger partial charge in [0.25, 0.3) is 0 Å². The molecule has 2 rings (SSSR count). The molecule has 0 aliphatic carbocycles. The Morgan fingerprint density at radius 2 is 2.06 bits per heavy atom. The van der Waals surface area contributed by atoms with Gasteiger partial charge in [0.05, 0.1) is 17.6 Å². The first-order valence-corrected chi connectivity index (χ1v) is 7.91. The van der Waals surface area contributed by atoms with Crippen LogP contribution in [0.15, 0.2) is 30.3 Å². The summed E-state index contributed by atoms with van der Waals surface area (Å²) in [5, 5.41) is 13.2. The Kier molecular flexibility index (Phi) is 3.75. The van der Waals surface area contributed by atoms with Gasteiger partial charge in [-0.25, -0.2) is 8.42 Å². The Bertz CT molecular complexity index is 500. The van der Waals surface area contributed by atoms with Gasteiger partial charge in [-0.3, -0.25) is 0 Å². The quantitative estimate of drug-likeness (QED) is 0.852. The summed E-state index contributed by atoms with van der Waals surface area (Å²) in [5.41, 5.74) is 0.434. The Balaban J connectivity index is 1.93. The van der Waals surface area contributed by atoms with E-state index >= 15 is 0 Å². The lowest BCUT2D eigenvalue weighted by atomic mass is 10.0. The third kappa shape index (κ3) is 3.31. The summed E-state index contributed by atoms with van der Waals surface area (Å²) in [5.74, 6) is 0.388. The third-order valence-electron chi connectivity index (χ3n) is 3.41. The number of benzene rings is 1. The fourth-order valence-electron chi connectivity index (χ4n) is 2.29. The van der Waals surface area contributed by atoms with E-state index in [1.54, 1.807) is 0 Å². The van der Waals surface area contributed by atoms with Crippen LogP contribution in [0.1, 0.15) is 25.0 Å². The maximum atomic E-state index is 11.5. The monoisotopic (exact) mass is 269 g/mol. The van der Waals surface area contributed by atoms with Crippen LogP contribution in [0.5, 0.6) is 0 Å². The van der Waals surface area contributed by atoms with Crippen LogP contribution in [-0.2, 0) is 9.84 Å². The van der Waals surface area contributed by atoms with E-state index in [0.717, 1.165) is 5.56 Å². The van der Waals surface area contributed by atoms with E-state index in [9.17, 15) is 13.5 Å². The fourth-order valence-corrected chi connectivity index (χ4v) is 4.41. The first kappa shape index (κ1) is 13.5. The molecule has 1 aromatic rings. The van der Waals surface area contributed by atoms with E-state index in [2.05, 4.69) is 5.32 Å². The van der Waals surface area contributed by atoms with Crippen LogP contribution < -0.4 is 5.32 Å². The minimum Gasteiger partial charge on any atom is -0.387 e. The molecule has 4 nitrogen and oxygen atoms in total. The molecule has 18 heavy (non-hydrogen) atoms. The molecule has 1 aliphatic heterocycles. The maximum Gasteiger partial charge on any atom is 0.152 e. The molecule has 0 radical (unpaired) electrons. The van der Waals surface area contributed by atoms with Crippen LogP contribution in [0.3, 0.4) is 0 Å². The van der Waals surface area contributed by atoms with Crippen molar-refractivity contribution in [1.82, 2.24) is 5.32 Å². The second kappa shape index (κ2) is 4.99. The molecular weight excluding hydrogens is 250 g/mol. The van der Waals surface area contributed by atoms with Gasteiger partial charge < -0.3 is 10.4 Å². The van der Waals surface area contributed by atoms with Crippen molar-refractivity contribution in [2.75, 3.05) is 18.1 Å². The number of sulfone groups is 1. The molecule has 0 amide bonds. The van der Waals surface area contributed by atoms with Crippen LogP contribution >= 0.6 is 0 Å². The Labute approximate surface area is 108 Å². The predicted molar refractivity (Wildman–Crippen MR) is 71.1 cm³/mol. The summed E-state index contributed by atoms with van der Waals surface area (Å²) in [6, 6.07) is 9.37. The summed E-state index contributed by atoms with van der Waals surface area (Å²) < 4.78 is 22.9. The second-order valence-electron chi connectivity index (χ2n) is 5.21. The highest BCUT2D eigenvalue weighted by atomic mass is 32.2. The van der Waals surface area contributed by atoms with Gasteiger partial charge in [0, 0.05) is 12.1 Å². The summed E-state index contributed by atoms with van der Waals surface area (Å²) in [6.45, 7) is 2.27. The van der Waals surface area contributed by atoms with Crippen molar-refractivity contribution < 1.29 is 13.5 Å². The van der Waals surface area contributed by atoms with E-state index < -0.39 is 21.5 Å². The van der Waals surface area contributed by atoms with Crippen LogP contribution in [0.2, 0.25) is 0 Å². The molecule has 0 spiro atoms. The molecule has 0 saturated carbocycles. The zero-order valence-corrected chi connectivity index (χ0v) is 11.3. The maximum absolute atomic E-state index is 11.5. The van der Waals surface area contributed by atoms with Gasteiger partial charge in [0.15, 0.2) is 9.84 Å². The smallest absolute Gasteiger partial charge is 0.152 e. The van der Waals surface area contributed by atoms with Gasteiger partial charge in [-0.2, -0.15) is 0 Å². The van der Waals surface area contributed by atoms with Crippen LogP contribution in [0.4, 0.5) is 0 Å². The zero-order valence-electron chi connectivity index (χ0n) is 10.5. The van der Waals surface area contributed by atoms with Crippen molar-refractivity contribution in [3.63, 3.8) is 0 Å². The highest BCUT2D eigenvalue weighted by molar-refractivity contribution is 7.91. The van der Waals surface area contributed by atoms with Gasteiger partial charge in [0.2, 0.25) is 0 Å². The van der Waals surface area contributed by atoms with Gasteiger partial charge in [0.1, 0.15) is 0 Å². The van der Waals surface area contributed by atoms with E-state index in [1.807, 2.05) is 37.3 Å². The molecule has 0 aromatic heterocycles. The fraction of sp³-hybridized carbons (Fsp3) is 0.538. The average Bonchev–Trinajstić information content (AvgIpc) is 2.62. The molecule has 1 saturated heterocycles. The van der Waals surface area contributed by atoms with Crippen molar-refractivity contribution in [3.8, 4) is 0 Å². The van der Waals surface area contributed by atoms with Gasteiger partial charge in [-0.05, 0) is 18.9 Å². The van der Waals surface area contributed by atoms with E-state index in [0.29, 0.717) is 13.0 Å². The molecule has 1 heterocycles. The van der Waals surface area contributed by atoms with Gasteiger partial charge in [-0.15, -0.1) is 0 Å². The molecule has 2 atom stereocenters. The molecule has 5 heteroatoms. The normalized spacial score (nSPS) is 28.1. The molecule has 2 unspecified atom stereocenters. The highest BCUT2D eigenvalue weighted by Crippen LogP contribution is 2.23. The summed E-state index contributed by atoms with van der Waals surface area (Å²) in [4.78, 5) is 0. The number of β-amino-alcohol motifs (C(OH)–C–C–N with tert-alkyl or cyclic N) is 1. The molecular formula is C13H19NO3S. The number of aliphatic hydroxyl groups is 1. The minimum absolute atomic E-state index is 0.154. The average molecular weight is 269 g/mol. The number of hydrogen-bond acceptors (Lipinski definition) is 4. The first-order valence-electron chi connectivity index (χ1n) is 6.09. The molecule has 1 aliphatic rings. The third-order valence-corrected chi connectivity index (χ3v) is 5.31. The van der Waals surface area contributed by atoms with Gasteiger partial charge >= 0.3 is 0 Å². The number of aliphatic hydroxyl groups excluding tert-OH is 1. The predicted octanol–water partition coefficient (Wildman–Crippen LogP) is 0.887. The van der Waals surface area contributed by atoms with Crippen molar-refractivity contribution in [3.05, 3.63) is 35.9 Å². The van der Waals surface area contributed by atoms with E-state index in [1.165, 1.54) is 0 Å². The standard InChI is InChI=1S/C13H19NO3S/c1-13(7-8-18(16,17)10-13)14-9-12(15)11-5-3-2-4-6-11/h2-6,12,14-15H,7-10H2,1H3. The number of nitrogens with one attached hydrogen (secondary N) is 1. The molecule has 2 N–H and O–H groups in total. The van der Waals surface area contributed by atoms with Crippen LogP contribution in [0, 0.1) is 0 Å². The lowest BCUT2D eigenvalue weighted by Gasteiger charge is -2.25. The number of hydrogen-bond donors (Lipinski definition) is 2. The second-order valence-corrected chi connectivity index (χ2v) is 7.39. The largest absolute Gasteiger partial charge is 0.387 e. The van der Waals surface area contributed by atoms with Crippen molar-refractivity contribution in [1.29, 1.82) is 0 Å². The Morgan fingerprint density at radius 3 is 2.61 bits per heavy atom. The molecule has 1 fully saturated rings. The molecule has 0 bridgehead atoms. The van der Waals surface area contributed by atoms with Crippen molar-refractivity contribution >= 4 is 9.84 Å². The molecule has 100 valence electrons. The minimum atomic E-state index is -2.91. The topological polar surface area (TPSA) is 66.4 Å². The summed E-state index contributed by atoms with van der Waals surface area (Å²) in [7, 11) is -2.91. The number of rotatable bonds is 4.